The van der Waals surface area contributed by atoms with Gasteiger partial charge in [0, 0.05) is 39.4 Å². The Morgan fingerprint density at radius 1 is 0.765 bits per heavy atom. The molecule has 0 rings (SSSR count). The van der Waals surface area contributed by atoms with Crippen molar-refractivity contribution < 1.29 is 33.7 Å². The summed E-state index contributed by atoms with van der Waals surface area (Å²) in [4.78, 5) is 34.0. The van der Waals surface area contributed by atoms with E-state index in [4.69, 9.17) is 19.3 Å². The van der Waals surface area contributed by atoms with Gasteiger partial charge in [-0.25, -0.2) is 0 Å². The van der Waals surface area contributed by atoms with Crippen LogP contribution in [0.2, 0.25) is 0 Å². The zero-order valence-electron chi connectivity index (χ0n) is 21.6. The molecule has 0 fully saturated rings. The molecule has 0 aliphatic rings. The van der Waals surface area contributed by atoms with E-state index < -0.39 is 5.97 Å². The van der Waals surface area contributed by atoms with Crippen LogP contribution in [0.5, 0.6) is 0 Å². The summed E-state index contributed by atoms with van der Waals surface area (Å²) in [5, 5.41) is 8.54. The van der Waals surface area contributed by atoms with Crippen LogP contribution in [0.15, 0.2) is 12.2 Å². The third-order valence-electron chi connectivity index (χ3n) is 5.52. The smallest absolute Gasteiger partial charge is 0.306 e. The number of allylic oxidation sites excluding steroid dienone is 1. The second kappa shape index (κ2) is 24.2. The monoisotopic (exact) mass is 484 g/mol. The number of unbranched alkanes of at least 4 members (excludes halogenated alkanes) is 8. The van der Waals surface area contributed by atoms with E-state index in [9.17, 15) is 14.4 Å². The molecule has 0 bridgehead atoms. The Kier molecular flexibility index (Phi) is 22.9. The Bertz CT molecular complexity index is 545. The fourth-order valence-electron chi connectivity index (χ4n) is 3.54. The molecule has 1 unspecified atom stereocenters. The summed E-state index contributed by atoms with van der Waals surface area (Å²) < 4.78 is 15.7. The highest BCUT2D eigenvalue weighted by Gasteiger charge is 2.13. The summed E-state index contributed by atoms with van der Waals surface area (Å²) in [5.74, 6) is -1.24. The molecule has 7 heteroatoms. The molecule has 7 nitrogen and oxygen atoms in total. The number of carboxylic acid groups (broad SMARTS) is 1. The van der Waals surface area contributed by atoms with Crippen LogP contribution in [0.1, 0.15) is 116 Å². The Morgan fingerprint density at radius 3 is 2.18 bits per heavy atom. The molecule has 1 N–H and O–H groups in total. The van der Waals surface area contributed by atoms with E-state index in [-0.39, 0.29) is 31.1 Å². The van der Waals surface area contributed by atoms with Gasteiger partial charge in [0.15, 0.2) is 0 Å². The molecule has 0 heterocycles. The summed E-state index contributed by atoms with van der Waals surface area (Å²) in [7, 11) is 1.64. The lowest BCUT2D eigenvalue weighted by Crippen LogP contribution is -2.18. The number of carboxylic acids is 1. The maximum absolute atomic E-state index is 12.1. The van der Waals surface area contributed by atoms with Gasteiger partial charge in [-0.05, 0) is 44.9 Å². The lowest BCUT2D eigenvalue weighted by atomic mass is 10.1. The molecule has 0 aromatic heterocycles. The molecule has 0 aliphatic carbocycles. The molecule has 34 heavy (non-hydrogen) atoms. The summed E-state index contributed by atoms with van der Waals surface area (Å²) in [6, 6.07) is 0. The molecule has 0 amide bonds. The maximum atomic E-state index is 12.1. The lowest BCUT2D eigenvalue weighted by Gasteiger charge is -2.16. The molecule has 0 spiro atoms. The number of carbonyl (C=O) groups excluding carboxylic acids is 2. The van der Waals surface area contributed by atoms with E-state index in [0.29, 0.717) is 32.3 Å². The van der Waals surface area contributed by atoms with Crippen molar-refractivity contribution in [3.63, 3.8) is 0 Å². The van der Waals surface area contributed by atoms with Crippen LogP contribution in [0.25, 0.3) is 0 Å². The van der Waals surface area contributed by atoms with E-state index >= 15 is 0 Å². The number of rotatable bonds is 24. The second-order valence-electron chi connectivity index (χ2n) is 8.79. The topological polar surface area (TPSA) is 99.1 Å². The van der Waals surface area contributed by atoms with Crippen molar-refractivity contribution >= 4 is 17.9 Å². The summed E-state index contributed by atoms with van der Waals surface area (Å²) >= 11 is 0. The van der Waals surface area contributed by atoms with Gasteiger partial charge in [-0.3, -0.25) is 14.4 Å². The second-order valence-corrected chi connectivity index (χ2v) is 8.79. The van der Waals surface area contributed by atoms with E-state index in [2.05, 4.69) is 19.1 Å². The number of aliphatic carboxylic acids is 1. The highest BCUT2D eigenvalue weighted by Crippen LogP contribution is 2.14. The molecule has 0 aromatic rings. The fourth-order valence-corrected chi connectivity index (χ4v) is 3.54. The normalized spacial score (nSPS) is 12.1. The van der Waals surface area contributed by atoms with Crippen LogP contribution >= 0.6 is 0 Å². The SMILES string of the molecule is CCCCCCC(C/C=C\CCCCCCCC(=O)OCCCC(=O)O)OC(=O)CCCOC. The number of esters is 2. The predicted octanol–water partition coefficient (Wildman–Crippen LogP) is 6.38. The zero-order valence-corrected chi connectivity index (χ0v) is 21.6. The van der Waals surface area contributed by atoms with Crippen LogP contribution in [-0.4, -0.2) is 49.4 Å². The van der Waals surface area contributed by atoms with Gasteiger partial charge in [-0.1, -0.05) is 57.6 Å². The molecule has 0 aromatic carbocycles. The first-order valence-electron chi connectivity index (χ1n) is 13.2. The van der Waals surface area contributed by atoms with Gasteiger partial charge in [-0.2, -0.15) is 0 Å². The maximum Gasteiger partial charge on any atom is 0.306 e. The molecular weight excluding hydrogens is 436 g/mol. The first kappa shape index (κ1) is 32.1. The van der Waals surface area contributed by atoms with Crippen molar-refractivity contribution in [3.05, 3.63) is 12.2 Å². The number of ether oxygens (including phenoxy) is 3. The first-order chi connectivity index (χ1) is 16.5. The first-order valence-corrected chi connectivity index (χ1v) is 13.2. The lowest BCUT2D eigenvalue weighted by molar-refractivity contribution is -0.149. The number of hydrogen-bond acceptors (Lipinski definition) is 6. The number of carbonyl (C=O) groups is 3. The van der Waals surface area contributed by atoms with Crippen LogP contribution in [0.3, 0.4) is 0 Å². The molecule has 198 valence electrons. The van der Waals surface area contributed by atoms with E-state index in [1.54, 1.807) is 7.11 Å². The Hall–Kier alpha value is -1.89. The van der Waals surface area contributed by atoms with E-state index in [1.165, 1.54) is 19.3 Å². The van der Waals surface area contributed by atoms with Gasteiger partial charge in [-0.15, -0.1) is 0 Å². The third-order valence-corrected chi connectivity index (χ3v) is 5.52. The van der Waals surface area contributed by atoms with Crippen molar-refractivity contribution in [3.8, 4) is 0 Å². The van der Waals surface area contributed by atoms with Gasteiger partial charge in [0.1, 0.15) is 6.10 Å². The van der Waals surface area contributed by atoms with Crippen molar-refractivity contribution in [2.24, 2.45) is 0 Å². The Morgan fingerprint density at radius 2 is 1.44 bits per heavy atom. The fraction of sp³-hybridized carbons (Fsp3) is 0.815. The summed E-state index contributed by atoms with van der Waals surface area (Å²) in [6.45, 7) is 2.95. The molecule has 0 saturated carbocycles. The standard InChI is InChI=1S/C27H48O7/c1-3-4-5-12-17-24(34-27(31)21-16-22-32-2)18-13-10-8-6-7-9-11-14-20-26(30)33-23-15-19-25(28)29/h10,13,24H,3-9,11-12,14-23H2,1-2H3,(H,28,29)/b13-10-. The Balaban J connectivity index is 3.88. The molecule has 0 saturated heterocycles. The number of methoxy groups -OCH3 is 1. The van der Waals surface area contributed by atoms with Crippen LogP contribution in [0, 0.1) is 0 Å². The van der Waals surface area contributed by atoms with Gasteiger partial charge >= 0.3 is 17.9 Å². The van der Waals surface area contributed by atoms with Crippen molar-refractivity contribution in [1.29, 1.82) is 0 Å². The highest BCUT2D eigenvalue weighted by atomic mass is 16.5. The minimum atomic E-state index is -0.870. The zero-order chi connectivity index (χ0) is 25.3. The van der Waals surface area contributed by atoms with Crippen molar-refractivity contribution in [1.82, 2.24) is 0 Å². The van der Waals surface area contributed by atoms with Crippen LogP contribution in [0.4, 0.5) is 0 Å². The number of hydrogen-bond donors (Lipinski definition) is 1. The predicted molar refractivity (Wildman–Crippen MR) is 134 cm³/mol. The average molecular weight is 485 g/mol. The minimum Gasteiger partial charge on any atom is -0.481 e. The summed E-state index contributed by atoms with van der Waals surface area (Å²) in [6.07, 6.45) is 18.7. The van der Waals surface area contributed by atoms with Gasteiger partial charge in [0.25, 0.3) is 0 Å². The molecular formula is C27H48O7. The van der Waals surface area contributed by atoms with Gasteiger partial charge < -0.3 is 19.3 Å². The molecule has 1 atom stereocenters. The largest absolute Gasteiger partial charge is 0.481 e. The van der Waals surface area contributed by atoms with Crippen LogP contribution in [-0.2, 0) is 28.6 Å². The van der Waals surface area contributed by atoms with E-state index in [1.807, 2.05) is 0 Å². The van der Waals surface area contributed by atoms with Crippen LogP contribution < -0.4 is 0 Å². The quantitative estimate of drug-likeness (QED) is 0.0964. The van der Waals surface area contributed by atoms with E-state index in [0.717, 1.165) is 57.8 Å². The summed E-state index contributed by atoms with van der Waals surface area (Å²) in [5.41, 5.74) is 0. The van der Waals surface area contributed by atoms with Gasteiger partial charge in [0.05, 0.1) is 6.61 Å². The minimum absolute atomic E-state index is 0.0291. The third kappa shape index (κ3) is 23.3. The highest BCUT2D eigenvalue weighted by molar-refractivity contribution is 5.70. The molecule has 0 radical (unpaired) electrons. The average Bonchev–Trinajstić information content (AvgIpc) is 2.80. The van der Waals surface area contributed by atoms with Gasteiger partial charge in [0.2, 0.25) is 0 Å². The molecule has 0 aliphatic heterocycles. The van der Waals surface area contributed by atoms with Crippen molar-refractivity contribution in [2.45, 2.75) is 122 Å². The van der Waals surface area contributed by atoms with Crippen molar-refractivity contribution in [2.75, 3.05) is 20.3 Å². The Labute approximate surface area is 206 Å².